The molecule has 0 aliphatic carbocycles. The van der Waals surface area contributed by atoms with Gasteiger partial charge >= 0.3 is 6.03 Å². The highest BCUT2D eigenvalue weighted by Gasteiger charge is 2.19. The van der Waals surface area contributed by atoms with Crippen LogP contribution in [0.2, 0.25) is 0 Å². The third-order valence-electron chi connectivity index (χ3n) is 4.81. The molecule has 0 unspecified atom stereocenters. The Morgan fingerprint density at radius 2 is 1.91 bits per heavy atom. The first kappa shape index (κ1) is 20.1. The molecule has 0 fully saturated rings. The third kappa shape index (κ3) is 4.06. The molecule has 1 aromatic carbocycles. The van der Waals surface area contributed by atoms with Gasteiger partial charge in [-0.3, -0.25) is 0 Å². The van der Waals surface area contributed by atoms with E-state index in [0.717, 1.165) is 5.56 Å². The molecule has 5 aromatic rings. The molecule has 0 atom stereocenters. The Balaban J connectivity index is 1.47. The Morgan fingerprint density at radius 3 is 2.73 bits per heavy atom. The predicted molar refractivity (Wildman–Crippen MR) is 124 cm³/mol. The fourth-order valence-electron chi connectivity index (χ4n) is 3.45. The number of nitrogen functional groups attached to an aromatic ring is 1. The number of aryl methyl sites for hydroxylation is 2. The third-order valence-corrected chi connectivity index (χ3v) is 4.81. The van der Waals surface area contributed by atoms with E-state index >= 15 is 0 Å². The van der Waals surface area contributed by atoms with Crippen LogP contribution in [0.5, 0.6) is 0 Å². The number of amides is 1. The van der Waals surface area contributed by atoms with Gasteiger partial charge in [-0.05, 0) is 43.7 Å². The molecule has 4 heterocycles. The van der Waals surface area contributed by atoms with Crippen LogP contribution in [0.15, 0.2) is 60.9 Å². The summed E-state index contributed by atoms with van der Waals surface area (Å²) < 4.78 is 2.87. The number of benzene rings is 1. The molecule has 0 radical (unpaired) electrons. The molecule has 0 bridgehead atoms. The summed E-state index contributed by atoms with van der Waals surface area (Å²) in [6.07, 6.45) is 3.22. The van der Waals surface area contributed by atoms with E-state index in [1.54, 1.807) is 42.0 Å². The molecule has 11 heteroatoms. The SMILES string of the molecule is Cc1cccc(NC(=O)n2ccc(Nc3nc4cccnn4c3-c3cc(N)nc(C)n3)n2)c1. The van der Waals surface area contributed by atoms with E-state index in [9.17, 15) is 4.79 Å². The van der Waals surface area contributed by atoms with Crippen molar-refractivity contribution >= 4 is 34.8 Å². The summed E-state index contributed by atoms with van der Waals surface area (Å²) in [4.78, 5) is 25.8. The maximum absolute atomic E-state index is 12.6. The summed E-state index contributed by atoms with van der Waals surface area (Å²) in [5, 5.41) is 14.7. The van der Waals surface area contributed by atoms with Crippen LogP contribution in [0.4, 0.5) is 27.9 Å². The van der Waals surface area contributed by atoms with Crippen molar-refractivity contribution in [3.05, 3.63) is 72.3 Å². The smallest absolute Gasteiger partial charge is 0.346 e. The lowest BCUT2D eigenvalue weighted by Crippen LogP contribution is -2.20. The zero-order valence-corrected chi connectivity index (χ0v) is 17.9. The highest BCUT2D eigenvalue weighted by Crippen LogP contribution is 2.29. The van der Waals surface area contributed by atoms with Gasteiger partial charge in [-0.2, -0.15) is 9.78 Å². The molecule has 11 nitrogen and oxygen atoms in total. The molecule has 4 aromatic heterocycles. The van der Waals surface area contributed by atoms with Gasteiger partial charge in [0.05, 0.1) is 5.69 Å². The Labute approximate surface area is 188 Å². The number of aromatic nitrogens is 7. The van der Waals surface area contributed by atoms with E-state index in [1.165, 1.54) is 4.68 Å². The number of imidazole rings is 1. The van der Waals surface area contributed by atoms with E-state index in [-0.39, 0.29) is 6.03 Å². The molecule has 0 saturated carbocycles. The first-order valence-corrected chi connectivity index (χ1v) is 10.1. The molecule has 1 amide bonds. The fraction of sp³-hybridized carbons (Fsp3) is 0.0909. The monoisotopic (exact) mass is 440 g/mol. The number of nitrogens with two attached hydrogens (primary N) is 1. The summed E-state index contributed by atoms with van der Waals surface area (Å²) in [5.41, 5.74) is 9.45. The molecule has 5 rings (SSSR count). The number of carbonyl (C=O) groups is 1. The van der Waals surface area contributed by atoms with Crippen LogP contribution in [0.3, 0.4) is 0 Å². The largest absolute Gasteiger partial charge is 0.384 e. The highest BCUT2D eigenvalue weighted by molar-refractivity contribution is 5.90. The van der Waals surface area contributed by atoms with E-state index in [4.69, 9.17) is 5.73 Å². The van der Waals surface area contributed by atoms with Crippen molar-refractivity contribution in [3.63, 3.8) is 0 Å². The Bertz CT molecular complexity index is 1470. The van der Waals surface area contributed by atoms with Crippen molar-refractivity contribution in [3.8, 4) is 11.4 Å². The lowest BCUT2D eigenvalue weighted by atomic mass is 10.2. The van der Waals surface area contributed by atoms with Crippen molar-refractivity contribution in [1.29, 1.82) is 0 Å². The molecule has 164 valence electrons. The number of nitrogens with zero attached hydrogens (tertiary/aromatic N) is 7. The Kier molecular flexibility index (Phi) is 4.90. The van der Waals surface area contributed by atoms with Gasteiger partial charge in [0, 0.05) is 30.2 Å². The van der Waals surface area contributed by atoms with Gasteiger partial charge in [-0.15, -0.1) is 5.10 Å². The maximum atomic E-state index is 12.6. The van der Waals surface area contributed by atoms with Crippen LogP contribution in [0, 0.1) is 13.8 Å². The van der Waals surface area contributed by atoms with E-state index in [2.05, 4.69) is 35.8 Å². The summed E-state index contributed by atoms with van der Waals surface area (Å²) in [6.45, 7) is 3.72. The molecule has 33 heavy (non-hydrogen) atoms. The Morgan fingerprint density at radius 1 is 1.03 bits per heavy atom. The summed E-state index contributed by atoms with van der Waals surface area (Å²) in [7, 11) is 0. The van der Waals surface area contributed by atoms with Gasteiger partial charge in [0.2, 0.25) is 0 Å². The minimum absolute atomic E-state index is 0.339. The van der Waals surface area contributed by atoms with Gasteiger partial charge in [0.25, 0.3) is 0 Å². The van der Waals surface area contributed by atoms with Crippen molar-refractivity contribution in [2.24, 2.45) is 0 Å². The van der Waals surface area contributed by atoms with E-state index < -0.39 is 0 Å². The van der Waals surface area contributed by atoms with Crippen LogP contribution in [0.1, 0.15) is 11.4 Å². The average molecular weight is 440 g/mol. The first-order chi connectivity index (χ1) is 16.0. The molecule has 4 N–H and O–H groups in total. The predicted octanol–water partition coefficient (Wildman–Crippen LogP) is 3.41. The minimum Gasteiger partial charge on any atom is -0.384 e. The number of fused-ring (bicyclic) bond motifs is 1. The molecule has 0 saturated heterocycles. The van der Waals surface area contributed by atoms with Gasteiger partial charge in [-0.25, -0.2) is 24.3 Å². The van der Waals surface area contributed by atoms with Crippen LogP contribution in [-0.2, 0) is 0 Å². The van der Waals surface area contributed by atoms with Crippen molar-refractivity contribution < 1.29 is 4.79 Å². The number of hydrogen-bond donors (Lipinski definition) is 3. The quantitative estimate of drug-likeness (QED) is 0.386. The second-order valence-corrected chi connectivity index (χ2v) is 7.40. The minimum atomic E-state index is -0.384. The standard InChI is InChI=1S/C22H20N10O/c1-13-5-3-6-15(11-13)27-22(33)31-10-8-18(30-31)28-21-20(16-12-17(23)26-14(2)25-16)32-19(29-21)7-4-9-24-32/h3-12H,1-2H3,(H,27,33)(H,28,30)(H2,23,25,26). The van der Waals surface area contributed by atoms with Crippen LogP contribution < -0.4 is 16.4 Å². The van der Waals surface area contributed by atoms with E-state index in [1.807, 2.05) is 37.3 Å². The van der Waals surface area contributed by atoms with Gasteiger partial charge in [0.1, 0.15) is 17.3 Å². The number of carbonyl (C=O) groups excluding carboxylic acids is 1. The summed E-state index contributed by atoms with van der Waals surface area (Å²) in [5.74, 6) is 1.76. The molecular formula is C22H20N10O. The first-order valence-electron chi connectivity index (χ1n) is 10.1. The second-order valence-electron chi connectivity index (χ2n) is 7.40. The van der Waals surface area contributed by atoms with Gasteiger partial charge in [0.15, 0.2) is 17.3 Å². The lowest BCUT2D eigenvalue weighted by Gasteiger charge is -2.07. The van der Waals surface area contributed by atoms with Crippen LogP contribution in [0.25, 0.3) is 17.0 Å². The maximum Gasteiger partial charge on any atom is 0.346 e. The van der Waals surface area contributed by atoms with Crippen molar-refractivity contribution in [1.82, 2.24) is 34.3 Å². The van der Waals surface area contributed by atoms with Crippen LogP contribution >= 0.6 is 0 Å². The molecular weight excluding hydrogens is 420 g/mol. The number of rotatable bonds is 4. The van der Waals surface area contributed by atoms with Crippen LogP contribution in [-0.4, -0.2) is 40.4 Å². The van der Waals surface area contributed by atoms with Gasteiger partial charge < -0.3 is 16.4 Å². The highest BCUT2D eigenvalue weighted by atomic mass is 16.2. The number of anilines is 4. The Hall–Kier alpha value is -4.80. The lowest BCUT2D eigenvalue weighted by molar-refractivity contribution is 0.251. The normalized spacial score (nSPS) is 11.0. The number of nitrogens with one attached hydrogen (secondary N) is 2. The summed E-state index contributed by atoms with van der Waals surface area (Å²) >= 11 is 0. The fourth-order valence-corrected chi connectivity index (χ4v) is 3.45. The molecule has 0 spiro atoms. The molecule has 0 aliphatic rings. The second kappa shape index (κ2) is 8.04. The summed E-state index contributed by atoms with van der Waals surface area (Å²) in [6, 6.07) is 14.1. The van der Waals surface area contributed by atoms with Crippen molar-refractivity contribution in [2.45, 2.75) is 13.8 Å². The zero-order valence-electron chi connectivity index (χ0n) is 17.9. The average Bonchev–Trinajstić information content (AvgIpc) is 3.37. The van der Waals surface area contributed by atoms with E-state index in [0.29, 0.717) is 46.0 Å². The van der Waals surface area contributed by atoms with Gasteiger partial charge in [-0.1, -0.05) is 12.1 Å². The number of hydrogen-bond acceptors (Lipinski definition) is 8. The topological polar surface area (TPSA) is 141 Å². The molecule has 0 aliphatic heterocycles. The zero-order chi connectivity index (χ0) is 22.9. The van der Waals surface area contributed by atoms with Crippen molar-refractivity contribution in [2.75, 3.05) is 16.4 Å².